The van der Waals surface area contributed by atoms with Crippen LogP contribution < -0.4 is 10.6 Å². The Kier molecular flexibility index (Phi) is 4.94. The number of aromatic nitrogens is 2. The quantitative estimate of drug-likeness (QED) is 0.777. The van der Waals surface area contributed by atoms with Crippen LogP contribution in [0, 0.1) is 12.3 Å². The normalized spacial score (nSPS) is 13.2. The zero-order valence-corrected chi connectivity index (χ0v) is 12.3. The molecule has 1 rings (SSSR count). The van der Waals surface area contributed by atoms with Crippen LogP contribution in [0.15, 0.2) is 6.07 Å². The van der Waals surface area contributed by atoms with Crippen LogP contribution in [0.25, 0.3) is 0 Å². The third-order valence-corrected chi connectivity index (χ3v) is 3.01. The molecule has 0 aromatic carbocycles. The monoisotopic (exact) mass is 268 g/mol. The number of nitrogens with one attached hydrogen (secondary N) is 2. The van der Waals surface area contributed by atoms with Crippen LogP contribution in [0.3, 0.4) is 0 Å². The van der Waals surface area contributed by atoms with E-state index in [0.717, 1.165) is 5.69 Å². The van der Waals surface area contributed by atoms with Crippen LogP contribution in [0.5, 0.6) is 0 Å². The topological polar surface area (TPSA) is 79.2 Å². The van der Waals surface area contributed by atoms with Gasteiger partial charge in [-0.1, -0.05) is 20.8 Å². The molecule has 0 saturated heterocycles. The van der Waals surface area contributed by atoms with E-state index in [4.69, 9.17) is 5.11 Å². The largest absolute Gasteiger partial charge is 0.396 e. The number of amides is 2. The lowest BCUT2D eigenvalue weighted by atomic mass is 9.85. The Balaban J connectivity index is 2.65. The van der Waals surface area contributed by atoms with E-state index in [9.17, 15) is 4.79 Å². The highest BCUT2D eigenvalue weighted by Crippen LogP contribution is 2.21. The standard InChI is InChI=1S/C13H24N4O2/c1-9-8-11(17(5)16-9)15-12(19)14-10(6-7-18)13(2,3)4/h8,10,18H,6-7H2,1-5H3,(H2,14,15,19). The van der Waals surface area contributed by atoms with E-state index in [1.165, 1.54) is 0 Å². The van der Waals surface area contributed by atoms with Gasteiger partial charge < -0.3 is 10.4 Å². The van der Waals surface area contributed by atoms with Gasteiger partial charge in [-0.2, -0.15) is 5.10 Å². The lowest BCUT2D eigenvalue weighted by Crippen LogP contribution is -2.46. The number of carbonyl (C=O) groups excluding carboxylic acids is 1. The molecule has 0 aliphatic carbocycles. The van der Waals surface area contributed by atoms with Gasteiger partial charge in [0.25, 0.3) is 0 Å². The average molecular weight is 268 g/mol. The van der Waals surface area contributed by atoms with Crippen LogP contribution in [-0.4, -0.2) is 33.6 Å². The minimum absolute atomic E-state index is 0.0486. The highest BCUT2D eigenvalue weighted by atomic mass is 16.3. The van der Waals surface area contributed by atoms with Crippen molar-refractivity contribution in [1.29, 1.82) is 0 Å². The van der Waals surface area contributed by atoms with Crippen LogP contribution in [0.2, 0.25) is 0 Å². The van der Waals surface area contributed by atoms with E-state index < -0.39 is 0 Å². The molecular formula is C13H24N4O2. The van der Waals surface area contributed by atoms with Crippen LogP contribution in [0.1, 0.15) is 32.9 Å². The summed E-state index contributed by atoms with van der Waals surface area (Å²) < 4.78 is 1.62. The number of rotatable bonds is 4. The van der Waals surface area contributed by atoms with E-state index in [2.05, 4.69) is 15.7 Å². The molecule has 0 spiro atoms. The fraction of sp³-hybridized carbons (Fsp3) is 0.692. The molecule has 0 radical (unpaired) electrons. The Labute approximate surface area is 114 Å². The number of aryl methyl sites for hydroxylation is 2. The summed E-state index contributed by atoms with van der Waals surface area (Å²) in [5.74, 6) is 0.645. The molecule has 0 saturated carbocycles. The second-order valence-electron chi connectivity index (χ2n) is 5.82. The fourth-order valence-electron chi connectivity index (χ4n) is 1.89. The summed E-state index contributed by atoms with van der Waals surface area (Å²) in [6.07, 6.45) is 0.529. The molecule has 3 N–H and O–H groups in total. The highest BCUT2D eigenvalue weighted by molar-refractivity contribution is 5.88. The Morgan fingerprint density at radius 2 is 2.16 bits per heavy atom. The number of urea groups is 1. The summed E-state index contributed by atoms with van der Waals surface area (Å²) >= 11 is 0. The minimum atomic E-state index is -0.281. The molecule has 1 unspecified atom stereocenters. The van der Waals surface area contributed by atoms with Crippen LogP contribution >= 0.6 is 0 Å². The molecule has 2 amide bonds. The van der Waals surface area contributed by atoms with E-state index in [0.29, 0.717) is 12.2 Å². The van der Waals surface area contributed by atoms with Gasteiger partial charge in [0.2, 0.25) is 0 Å². The second kappa shape index (κ2) is 6.06. The number of hydrogen-bond donors (Lipinski definition) is 3. The maximum Gasteiger partial charge on any atom is 0.320 e. The third-order valence-electron chi connectivity index (χ3n) is 3.01. The van der Waals surface area contributed by atoms with Crippen molar-refractivity contribution in [3.8, 4) is 0 Å². The summed E-state index contributed by atoms with van der Waals surface area (Å²) in [7, 11) is 1.78. The Morgan fingerprint density at radius 1 is 1.53 bits per heavy atom. The fourth-order valence-corrected chi connectivity index (χ4v) is 1.89. The molecule has 6 heteroatoms. The Morgan fingerprint density at radius 3 is 2.58 bits per heavy atom. The van der Waals surface area contributed by atoms with Gasteiger partial charge in [0.05, 0.1) is 5.69 Å². The van der Waals surface area contributed by atoms with Gasteiger partial charge in [0.15, 0.2) is 0 Å². The Hall–Kier alpha value is -1.56. The van der Waals surface area contributed by atoms with Crippen molar-refractivity contribution in [2.24, 2.45) is 12.5 Å². The van der Waals surface area contributed by atoms with Crippen molar-refractivity contribution >= 4 is 11.8 Å². The van der Waals surface area contributed by atoms with Gasteiger partial charge in [-0.15, -0.1) is 0 Å². The predicted molar refractivity (Wildman–Crippen MR) is 75.0 cm³/mol. The maximum absolute atomic E-state index is 12.0. The van der Waals surface area contributed by atoms with E-state index in [1.54, 1.807) is 17.8 Å². The first-order valence-electron chi connectivity index (χ1n) is 6.43. The molecule has 1 aromatic rings. The van der Waals surface area contributed by atoms with Crippen LogP contribution in [0.4, 0.5) is 10.6 Å². The van der Waals surface area contributed by atoms with Crippen molar-refractivity contribution in [1.82, 2.24) is 15.1 Å². The van der Waals surface area contributed by atoms with Gasteiger partial charge in [-0.25, -0.2) is 4.79 Å². The summed E-state index contributed by atoms with van der Waals surface area (Å²) in [4.78, 5) is 12.0. The van der Waals surface area contributed by atoms with Gasteiger partial charge in [0.1, 0.15) is 5.82 Å². The smallest absolute Gasteiger partial charge is 0.320 e. The average Bonchev–Trinajstić information content (AvgIpc) is 2.55. The molecule has 0 bridgehead atoms. The minimum Gasteiger partial charge on any atom is -0.396 e. The zero-order valence-electron chi connectivity index (χ0n) is 12.3. The molecule has 108 valence electrons. The second-order valence-corrected chi connectivity index (χ2v) is 5.82. The molecule has 0 fully saturated rings. The summed E-state index contributed by atoms with van der Waals surface area (Å²) in [6.45, 7) is 8.01. The first-order valence-corrected chi connectivity index (χ1v) is 6.43. The van der Waals surface area contributed by atoms with Crippen molar-refractivity contribution in [3.05, 3.63) is 11.8 Å². The third kappa shape index (κ3) is 4.55. The Bertz CT molecular complexity index is 434. The van der Waals surface area contributed by atoms with Gasteiger partial charge >= 0.3 is 6.03 Å². The molecule has 1 aromatic heterocycles. The predicted octanol–water partition coefficient (Wildman–Crippen LogP) is 1.65. The van der Waals surface area contributed by atoms with E-state index >= 15 is 0 Å². The van der Waals surface area contributed by atoms with Gasteiger partial charge in [-0.3, -0.25) is 10.00 Å². The molecule has 0 aliphatic heterocycles. The lowest BCUT2D eigenvalue weighted by molar-refractivity contribution is 0.194. The van der Waals surface area contributed by atoms with Gasteiger partial charge in [0, 0.05) is 25.8 Å². The molecule has 6 nitrogen and oxygen atoms in total. The number of nitrogens with zero attached hydrogens (tertiary/aromatic N) is 2. The van der Waals surface area contributed by atoms with Crippen LogP contribution in [-0.2, 0) is 7.05 Å². The highest BCUT2D eigenvalue weighted by Gasteiger charge is 2.25. The zero-order chi connectivity index (χ0) is 14.6. The SMILES string of the molecule is Cc1cc(NC(=O)NC(CCO)C(C)(C)C)n(C)n1. The molecule has 19 heavy (non-hydrogen) atoms. The molecule has 1 atom stereocenters. The molecular weight excluding hydrogens is 244 g/mol. The molecule has 0 aliphatic rings. The first-order chi connectivity index (χ1) is 8.74. The first kappa shape index (κ1) is 15.5. The summed E-state index contributed by atoms with van der Waals surface area (Å²) in [6, 6.07) is 1.43. The number of anilines is 1. The number of hydrogen-bond acceptors (Lipinski definition) is 3. The maximum atomic E-state index is 12.0. The summed E-state index contributed by atoms with van der Waals surface area (Å²) in [5, 5.41) is 18.9. The van der Waals surface area contributed by atoms with Crippen molar-refractivity contribution in [2.75, 3.05) is 11.9 Å². The van der Waals surface area contributed by atoms with Crippen molar-refractivity contribution < 1.29 is 9.90 Å². The van der Waals surface area contributed by atoms with Gasteiger partial charge in [-0.05, 0) is 18.8 Å². The lowest BCUT2D eigenvalue weighted by Gasteiger charge is -2.31. The van der Waals surface area contributed by atoms with Crippen molar-refractivity contribution in [3.63, 3.8) is 0 Å². The number of aliphatic hydroxyl groups is 1. The number of carbonyl (C=O) groups is 1. The van der Waals surface area contributed by atoms with E-state index in [1.807, 2.05) is 27.7 Å². The van der Waals surface area contributed by atoms with Crippen molar-refractivity contribution in [2.45, 2.75) is 40.2 Å². The van der Waals surface area contributed by atoms with E-state index in [-0.39, 0.29) is 24.1 Å². The summed E-state index contributed by atoms with van der Waals surface area (Å²) in [5.41, 5.74) is 0.739. The molecule has 1 heterocycles. The number of aliphatic hydroxyl groups excluding tert-OH is 1.